The molecule has 2 aliphatic rings. The lowest BCUT2D eigenvalue weighted by atomic mass is 9.73. The first-order valence-electron chi connectivity index (χ1n) is 8.83. The summed E-state index contributed by atoms with van der Waals surface area (Å²) < 4.78 is 0. The summed E-state index contributed by atoms with van der Waals surface area (Å²) in [6.07, 6.45) is 16.0. The van der Waals surface area contributed by atoms with Gasteiger partial charge in [0.05, 0.1) is 0 Å². The summed E-state index contributed by atoms with van der Waals surface area (Å²) in [5, 5.41) is 2.87. The monoisotopic (exact) mass is 289 g/mol. The standard InChI is InChI=1S/C19H31NO/c1-3-15(2)20-19(21)18-13-7-11-17(12-8-14-18)16-9-5-4-6-10-16/h3,16-18H,1-2,4-14H2,(H,20,21). The van der Waals surface area contributed by atoms with Crippen LogP contribution in [0.5, 0.6) is 0 Å². The number of hydrogen-bond acceptors (Lipinski definition) is 1. The number of amides is 1. The van der Waals surface area contributed by atoms with Crippen LogP contribution in [0.1, 0.15) is 70.6 Å². The molecule has 118 valence electrons. The van der Waals surface area contributed by atoms with Gasteiger partial charge >= 0.3 is 0 Å². The van der Waals surface area contributed by atoms with Gasteiger partial charge in [0.2, 0.25) is 5.91 Å². The van der Waals surface area contributed by atoms with Crippen LogP contribution in [0.3, 0.4) is 0 Å². The number of rotatable bonds is 4. The highest BCUT2D eigenvalue weighted by molar-refractivity contribution is 5.80. The van der Waals surface area contributed by atoms with Gasteiger partial charge in [0.15, 0.2) is 0 Å². The second-order valence-electron chi connectivity index (χ2n) is 6.94. The van der Waals surface area contributed by atoms with Gasteiger partial charge in [0.1, 0.15) is 0 Å². The van der Waals surface area contributed by atoms with Crippen molar-refractivity contribution in [2.45, 2.75) is 70.6 Å². The maximum Gasteiger partial charge on any atom is 0.227 e. The van der Waals surface area contributed by atoms with Gasteiger partial charge in [-0.05, 0) is 30.8 Å². The molecule has 0 aromatic rings. The van der Waals surface area contributed by atoms with Crippen LogP contribution in [-0.2, 0) is 4.79 Å². The molecule has 1 amide bonds. The molecule has 2 nitrogen and oxygen atoms in total. The average molecular weight is 289 g/mol. The molecule has 0 aliphatic heterocycles. The molecule has 2 aliphatic carbocycles. The van der Waals surface area contributed by atoms with E-state index in [0.717, 1.165) is 24.7 Å². The van der Waals surface area contributed by atoms with Crippen LogP contribution in [0.15, 0.2) is 24.9 Å². The van der Waals surface area contributed by atoms with Crippen molar-refractivity contribution in [2.75, 3.05) is 0 Å². The second-order valence-corrected chi connectivity index (χ2v) is 6.94. The smallest absolute Gasteiger partial charge is 0.227 e. The number of allylic oxidation sites excluding steroid dienone is 1. The highest BCUT2D eigenvalue weighted by atomic mass is 16.1. The van der Waals surface area contributed by atoms with E-state index >= 15 is 0 Å². The lowest BCUT2D eigenvalue weighted by Crippen LogP contribution is -2.30. The maximum absolute atomic E-state index is 12.2. The topological polar surface area (TPSA) is 29.1 Å². The van der Waals surface area contributed by atoms with E-state index in [0.29, 0.717) is 5.70 Å². The van der Waals surface area contributed by atoms with Gasteiger partial charge in [-0.3, -0.25) is 4.79 Å². The van der Waals surface area contributed by atoms with Crippen LogP contribution < -0.4 is 5.32 Å². The number of carbonyl (C=O) groups is 1. The van der Waals surface area contributed by atoms with Crippen LogP contribution in [0.25, 0.3) is 0 Å². The molecule has 0 aromatic carbocycles. The predicted octanol–water partition coefficient (Wildman–Crippen LogP) is 4.97. The van der Waals surface area contributed by atoms with Gasteiger partial charge in [-0.15, -0.1) is 0 Å². The third-order valence-corrected chi connectivity index (χ3v) is 5.47. The largest absolute Gasteiger partial charge is 0.326 e. The van der Waals surface area contributed by atoms with Crippen LogP contribution in [-0.4, -0.2) is 5.91 Å². The van der Waals surface area contributed by atoms with Crippen LogP contribution in [0.4, 0.5) is 0 Å². The van der Waals surface area contributed by atoms with Gasteiger partial charge in [0.25, 0.3) is 0 Å². The third kappa shape index (κ3) is 5.01. The Morgan fingerprint density at radius 3 is 1.90 bits per heavy atom. The summed E-state index contributed by atoms with van der Waals surface area (Å²) >= 11 is 0. The van der Waals surface area contributed by atoms with Crippen LogP contribution in [0, 0.1) is 17.8 Å². The second kappa shape index (κ2) is 8.41. The zero-order valence-corrected chi connectivity index (χ0v) is 13.4. The van der Waals surface area contributed by atoms with Gasteiger partial charge in [-0.2, -0.15) is 0 Å². The Morgan fingerprint density at radius 2 is 1.38 bits per heavy atom. The lowest BCUT2D eigenvalue weighted by Gasteiger charge is -2.32. The molecule has 0 aromatic heterocycles. The first-order valence-corrected chi connectivity index (χ1v) is 8.83. The van der Waals surface area contributed by atoms with Gasteiger partial charge in [-0.25, -0.2) is 0 Å². The Labute approximate surface area is 130 Å². The summed E-state index contributed by atoms with van der Waals surface area (Å²) in [6, 6.07) is 0. The number of nitrogens with one attached hydrogen (secondary N) is 1. The molecule has 0 saturated heterocycles. The summed E-state index contributed by atoms with van der Waals surface area (Å²) in [6.45, 7) is 7.41. The van der Waals surface area contributed by atoms with Gasteiger partial charge in [0, 0.05) is 11.6 Å². The van der Waals surface area contributed by atoms with E-state index in [2.05, 4.69) is 18.5 Å². The molecular formula is C19H31NO. The van der Waals surface area contributed by atoms with Crippen molar-refractivity contribution < 1.29 is 4.79 Å². The Balaban J connectivity index is 1.79. The van der Waals surface area contributed by atoms with Crippen molar-refractivity contribution in [3.05, 3.63) is 24.9 Å². The summed E-state index contributed by atoms with van der Waals surface area (Å²) in [5.74, 6) is 2.23. The first kappa shape index (κ1) is 16.3. The molecule has 0 unspecified atom stereocenters. The minimum Gasteiger partial charge on any atom is -0.326 e. The molecule has 2 fully saturated rings. The molecule has 0 radical (unpaired) electrons. The minimum atomic E-state index is 0.149. The molecule has 1 N–H and O–H groups in total. The lowest BCUT2D eigenvalue weighted by molar-refractivity contribution is -0.124. The summed E-state index contributed by atoms with van der Waals surface area (Å²) in [7, 11) is 0. The highest BCUT2D eigenvalue weighted by Crippen LogP contribution is 2.37. The third-order valence-electron chi connectivity index (χ3n) is 5.47. The molecular weight excluding hydrogens is 258 g/mol. The Bertz CT molecular complexity index is 358. The number of hydrogen-bond donors (Lipinski definition) is 1. The van der Waals surface area contributed by atoms with E-state index < -0.39 is 0 Å². The van der Waals surface area contributed by atoms with Crippen molar-refractivity contribution >= 4 is 5.91 Å². The number of carbonyl (C=O) groups excluding carboxylic acids is 1. The SMILES string of the molecule is C=CC(=C)NC(=O)C1CCCC(C2CCCCC2)CCC1. The van der Waals surface area contributed by atoms with Crippen LogP contribution in [0.2, 0.25) is 0 Å². The van der Waals surface area contributed by atoms with Gasteiger partial charge in [-0.1, -0.05) is 70.9 Å². The average Bonchev–Trinajstić information content (AvgIpc) is 2.47. The minimum absolute atomic E-state index is 0.149. The van der Waals surface area contributed by atoms with E-state index in [1.165, 1.54) is 57.8 Å². The normalized spacial score (nSPS) is 28.2. The maximum atomic E-state index is 12.2. The Morgan fingerprint density at radius 1 is 0.857 bits per heavy atom. The highest BCUT2D eigenvalue weighted by Gasteiger charge is 2.27. The van der Waals surface area contributed by atoms with E-state index in [1.54, 1.807) is 6.08 Å². The fourth-order valence-electron chi connectivity index (χ4n) is 4.19. The molecule has 2 heteroatoms. The van der Waals surface area contributed by atoms with Gasteiger partial charge < -0.3 is 5.32 Å². The molecule has 0 atom stereocenters. The van der Waals surface area contributed by atoms with E-state index in [-0.39, 0.29) is 11.8 Å². The van der Waals surface area contributed by atoms with E-state index in [9.17, 15) is 4.79 Å². The molecule has 0 spiro atoms. The molecule has 0 heterocycles. The van der Waals surface area contributed by atoms with Crippen molar-refractivity contribution in [1.29, 1.82) is 0 Å². The quantitative estimate of drug-likeness (QED) is 0.727. The molecule has 21 heavy (non-hydrogen) atoms. The zero-order chi connectivity index (χ0) is 15.1. The Hall–Kier alpha value is -1.05. The van der Waals surface area contributed by atoms with Crippen molar-refractivity contribution in [2.24, 2.45) is 17.8 Å². The Kier molecular flexibility index (Phi) is 6.53. The fourth-order valence-corrected chi connectivity index (χ4v) is 4.19. The predicted molar refractivity (Wildman–Crippen MR) is 88.7 cm³/mol. The van der Waals surface area contributed by atoms with Crippen molar-refractivity contribution in [3.63, 3.8) is 0 Å². The van der Waals surface area contributed by atoms with Crippen LogP contribution >= 0.6 is 0 Å². The zero-order valence-electron chi connectivity index (χ0n) is 13.4. The summed E-state index contributed by atoms with van der Waals surface area (Å²) in [5.41, 5.74) is 0.627. The van der Waals surface area contributed by atoms with E-state index in [4.69, 9.17) is 0 Å². The van der Waals surface area contributed by atoms with Crippen molar-refractivity contribution in [3.8, 4) is 0 Å². The summed E-state index contributed by atoms with van der Waals surface area (Å²) in [4.78, 5) is 12.2. The first-order chi connectivity index (χ1) is 10.2. The molecule has 2 rings (SSSR count). The molecule has 0 bridgehead atoms. The van der Waals surface area contributed by atoms with Crippen molar-refractivity contribution in [1.82, 2.24) is 5.32 Å². The fraction of sp³-hybridized carbons (Fsp3) is 0.737. The van der Waals surface area contributed by atoms with E-state index in [1.807, 2.05) is 0 Å². The molecule has 2 saturated carbocycles.